The van der Waals surface area contributed by atoms with Gasteiger partial charge in [-0.15, -0.1) is 0 Å². The Morgan fingerprint density at radius 2 is 1.84 bits per heavy atom. The topological polar surface area (TPSA) is 50.5 Å². The van der Waals surface area contributed by atoms with Crippen LogP contribution >= 0.6 is 0 Å². The molecule has 1 fully saturated rings. The maximum Gasteiger partial charge on any atom is 0.0995 e. The molecule has 0 bridgehead atoms. The Kier molecular flexibility index (Phi) is 5.34. The van der Waals surface area contributed by atoms with E-state index in [0.717, 1.165) is 56.8 Å². The van der Waals surface area contributed by atoms with Gasteiger partial charge in [0.05, 0.1) is 18.2 Å². The van der Waals surface area contributed by atoms with Crippen molar-refractivity contribution in [2.75, 3.05) is 39.3 Å². The van der Waals surface area contributed by atoms with Crippen molar-refractivity contribution in [1.29, 1.82) is 5.26 Å². The van der Waals surface area contributed by atoms with Crippen LogP contribution in [0.5, 0.6) is 0 Å². The molecule has 1 saturated heterocycles. The van der Waals surface area contributed by atoms with Crippen molar-refractivity contribution in [2.45, 2.75) is 13.0 Å². The summed E-state index contributed by atoms with van der Waals surface area (Å²) in [6.45, 7) is 5.95. The molecule has 1 N–H and O–H groups in total. The number of nitriles is 1. The average molecular weight is 259 g/mol. The molecule has 0 radical (unpaired) electrons. The van der Waals surface area contributed by atoms with Crippen LogP contribution in [0.25, 0.3) is 0 Å². The van der Waals surface area contributed by atoms with Gasteiger partial charge in [-0.1, -0.05) is 18.2 Å². The molecular formula is C15H21N3O. The first-order valence-corrected chi connectivity index (χ1v) is 6.87. The van der Waals surface area contributed by atoms with Crippen LogP contribution in [-0.4, -0.2) is 54.2 Å². The summed E-state index contributed by atoms with van der Waals surface area (Å²) in [4.78, 5) is 4.70. The van der Waals surface area contributed by atoms with Gasteiger partial charge in [0.15, 0.2) is 0 Å². The SMILES string of the molecule is N#Cc1ccccc1CN1CCCN(CCO)CC1. The van der Waals surface area contributed by atoms with Crippen molar-refractivity contribution >= 4 is 0 Å². The third-order valence-electron chi connectivity index (χ3n) is 3.63. The number of β-amino-alcohol motifs (C(OH)–C–C–N with tert-alkyl or cyclic N) is 1. The smallest absolute Gasteiger partial charge is 0.0995 e. The van der Waals surface area contributed by atoms with Crippen molar-refractivity contribution < 1.29 is 5.11 Å². The number of hydrogen-bond acceptors (Lipinski definition) is 4. The van der Waals surface area contributed by atoms with Crippen LogP contribution < -0.4 is 0 Å². The second-order valence-electron chi connectivity index (χ2n) is 4.96. The van der Waals surface area contributed by atoms with Crippen LogP contribution in [0, 0.1) is 11.3 Å². The van der Waals surface area contributed by atoms with Crippen molar-refractivity contribution in [3.63, 3.8) is 0 Å². The fourth-order valence-corrected chi connectivity index (χ4v) is 2.56. The van der Waals surface area contributed by atoms with Gasteiger partial charge >= 0.3 is 0 Å². The van der Waals surface area contributed by atoms with E-state index in [2.05, 4.69) is 15.9 Å². The second-order valence-corrected chi connectivity index (χ2v) is 4.96. The van der Waals surface area contributed by atoms with Gasteiger partial charge in [-0.3, -0.25) is 9.80 Å². The lowest BCUT2D eigenvalue weighted by Gasteiger charge is -2.21. The van der Waals surface area contributed by atoms with Gasteiger partial charge in [0, 0.05) is 26.2 Å². The molecule has 0 unspecified atom stereocenters. The number of benzene rings is 1. The van der Waals surface area contributed by atoms with Gasteiger partial charge in [-0.05, 0) is 31.1 Å². The van der Waals surface area contributed by atoms with Crippen LogP contribution in [0.2, 0.25) is 0 Å². The molecule has 4 nitrogen and oxygen atoms in total. The van der Waals surface area contributed by atoms with E-state index in [0.29, 0.717) is 0 Å². The van der Waals surface area contributed by atoms with Crippen LogP contribution in [0.1, 0.15) is 17.5 Å². The lowest BCUT2D eigenvalue weighted by Crippen LogP contribution is -2.32. The molecule has 1 heterocycles. The van der Waals surface area contributed by atoms with Gasteiger partial charge in [-0.2, -0.15) is 5.26 Å². The Morgan fingerprint density at radius 1 is 1.11 bits per heavy atom. The van der Waals surface area contributed by atoms with E-state index in [4.69, 9.17) is 10.4 Å². The molecule has 0 saturated carbocycles. The summed E-state index contributed by atoms with van der Waals surface area (Å²) >= 11 is 0. The molecule has 1 aromatic carbocycles. The minimum absolute atomic E-state index is 0.233. The Balaban J connectivity index is 1.94. The Morgan fingerprint density at radius 3 is 2.63 bits per heavy atom. The largest absolute Gasteiger partial charge is 0.395 e. The number of aliphatic hydroxyl groups is 1. The third kappa shape index (κ3) is 4.03. The first kappa shape index (κ1) is 14.0. The van der Waals surface area contributed by atoms with Gasteiger partial charge in [0.1, 0.15) is 0 Å². The zero-order chi connectivity index (χ0) is 13.5. The molecule has 19 heavy (non-hydrogen) atoms. The van der Waals surface area contributed by atoms with E-state index in [1.807, 2.05) is 24.3 Å². The van der Waals surface area contributed by atoms with E-state index in [9.17, 15) is 0 Å². The lowest BCUT2D eigenvalue weighted by molar-refractivity contribution is 0.196. The molecule has 0 amide bonds. The molecule has 102 valence electrons. The van der Waals surface area contributed by atoms with Crippen LogP contribution in [0.15, 0.2) is 24.3 Å². The molecule has 0 aliphatic carbocycles. The lowest BCUT2D eigenvalue weighted by atomic mass is 10.1. The van der Waals surface area contributed by atoms with E-state index in [1.54, 1.807) is 0 Å². The van der Waals surface area contributed by atoms with Crippen molar-refractivity contribution in [3.05, 3.63) is 35.4 Å². The summed E-state index contributed by atoms with van der Waals surface area (Å²) in [5, 5.41) is 18.1. The Labute approximate surface area is 114 Å². The van der Waals surface area contributed by atoms with E-state index < -0.39 is 0 Å². The minimum atomic E-state index is 0.233. The molecule has 4 heteroatoms. The number of aliphatic hydroxyl groups excluding tert-OH is 1. The fraction of sp³-hybridized carbons (Fsp3) is 0.533. The molecule has 0 spiro atoms. The van der Waals surface area contributed by atoms with Crippen molar-refractivity contribution in [3.8, 4) is 6.07 Å². The Bertz CT molecular complexity index is 441. The molecule has 1 aromatic rings. The highest BCUT2D eigenvalue weighted by Gasteiger charge is 2.15. The zero-order valence-electron chi connectivity index (χ0n) is 11.3. The minimum Gasteiger partial charge on any atom is -0.395 e. The summed E-state index contributed by atoms with van der Waals surface area (Å²) in [5.74, 6) is 0. The fourth-order valence-electron chi connectivity index (χ4n) is 2.56. The highest BCUT2D eigenvalue weighted by atomic mass is 16.3. The summed E-state index contributed by atoms with van der Waals surface area (Å²) in [6, 6.07) is 10.1. The maximum atomic E-state index is 9.11. The zero-order valence-corrected chi connectivity index (χ0v) is 11.3. The van der Waals surface area contributed by atoms with Crippen molar-refractivity contribution in [1.82, 2.24) is 9.80 Å². The first-order valence-electron chi connectivity index (χ1n) is 6.87. The molecular weight excluding hydrogens is 238 g/mol. The van der Waals surface area contributed by atoms with E-state index >= 15 is 0 Å². The number of hydrogen-bond donors (Lipinski definition) is 1. The normalized spacial score (nSPS) is 17.9. The highest BCUT2D eigenvalue weighted by Crippen LogP contribution is 2.12. The summed E-state index contributed by atoms with van der Waals surface area (Å²) < 4.78 is 0. The second kappa shape index (κ2) is 7.25. The summed E-state index contributed by atoms with van der Waals surface area (Å²) in [6.07, 6.45) is 1.12. The third-order valence-corrected chi connectivity index (χ3v) is 3.63. The summed E-state index contributed by atoms with van der Waals surface area (Å²) in [5.41, 5.74) is 1.89. The summed E-state index contributed by atoms with van der Waals surface area (Å²) in [7, 11) is 0. The number of nitrogens with zero attached hydrogens (tertiary/aromatic N) is 3. The average Bonchev–Trinajstić information content (AvgIpc) is 2.66. The predicted octanol–water partition coefficient (Wildman–Crippen LogP) is 1.06. The molecule has 2 rings (SSSR count). The molecule has 1 aliphatic heterocycles. The highest BCUT2D eigenvalue weighted by molar-refractivity contribution is 5.37. The van der Waals surface area contributed by atoms with Crippen LogP contribution in [0.3, 0.4) is 0 Å². The molecule has 1 aliphatic rings. The van der Waals surface area contributed by atoms with Gasteiger partial charge in [0.25, 0.3) is 0 Å². The van der Waals surface area contributed by atoms with Gasteiger partial charge in [0.2, 0.25) is 0 Å². The first-order chi connectivity index (χ1) is 9.33. The predicted molar refractivity (Wildman–Crippen MR) is 74.6 cm³/mol. The van der Waals surface area contributed by atoms with Crippen LogP contribution in [0.4, 0.5) is 0 Å². The Hall–Kier alpha value is -1.41. The van der Waals surface area contributed by atoms with Gasteiger partial charge in [-0.25, -0.2) is 0 Å². The molecule has 0 atom stereocenters. The van der Waals surface area contributed by atoms with E-state index in [-0.39, 0.29) is 6.61 Å². The quantitative estimate of drug-likeness (QED) is 0.878. The number of rotatable bonds is 4. The van der Waals surface area contributed by atoms with E-state index in [1.165, 1.54) is 0 Å². The molecule has 0 aromatic heterocycles. The monoisotopic (exact) mass is 259 g/mol. The maximum absolute atomic E-state index is 9.11. The standard InChI is InChI=1S/C15H21N3O/c16-12-14-4-1-2-5-15(14)13-18-7-3-6-17(8-9-18)10-11-19/h1-2,4-5,19H,3,6-11,13H2. The van der Waals surface area contributed by atoms with Crippen molar-refractivity contribution in [2.24, 2.45) is 0 Å². The van der Waals surface area contributed by atoms with Gasteiger partial charge < -0.3 is 5.11 Å². The van der Waals surface area contributed by atoms with Crippen LogP contribution in [-0.2, 0) is 6.54 Å².